The van der Waals surface area contributed by atoms with Crippen molar-refractivity contribution in [3.05, 3.63) is 54.1 Å². The molecule has 1 N–H and O–H groups in total. The van der Waals surface area contributed by atoms with Crippen molar-refractivity contribution in [3.8, 4) is 6.07 Å². The number of nitrogens with one attached hydrogen (secondary N) is 1. The monoisotopic (exact) mass is 469 g/mol. The van der Waals surface area contributed by atoms with Gasteiger partial charge in [-0.15, -0.1) is 0 Å². The van der Waals surface area contributed by atoms with Crippen molar-refractivity contribution in [1.29, 1.82) is 5.26 Å². The number of hydrogen-bond donors (Lipinski definition) is 1. The van der Waals surface area contributed by atoms with Gasteiger partial charge < -0.3 is 10.2 Å². The zero-order valence-electron chi connectivity index (χ0n) is 19.2. The number of anilines is 2. The molecule has 0 spiro atoms. The van der Waals surface area contributed by atoms with Gasteiger partial charge >= 0.3 is 0 Å². The first-order valence-corrected chi connectivity index (χ1v) is 12.7. The van der Waals surface area contributed by atoms with Crippen LogP contribution in [0.4, 0.5) is 11.4 Å². The number of carbonyl (C=O) groups is 1. The molecule has 1 heterocycles. The third-order valence-corrected chi connectivity index (χ3v) is 7.86. The van der Waals surface area contributed by atoms with Crippen molar-refractivity contribution in [1.82, 2.24) is 9.21 Å². The molecule has 0 saturated carbocycles. The van der Waals surface area contributed by atoms with E-state index in [2.05, 4.69) is 21.2 Å². The van der Waals surface area contributed by atoms with Crippen LogP contribution in [0.3, 0.4) is 0 Å². The number of benzene rings is 2. The normalized spacial score (nSPS) is 15.2. The molecule has 176 valence electrons. The number of sulfonamides is 1. The molecule has 0 atom stereocenters. The van der Waals surface area contributed by atoms with Crippen LogP contribution in [-0.2, 0) is 14.8 Å². The minimum Gasteiger partial charge on any atom is -0.370 e. The Bertz CT molecular complexity index is 1070. The smallest absolute Gasteiger partial charge is 0.243 e. The fourth-order valence-electron chi connectivity index (χ4n) is 3.96. The lowest BCUT2D eigenvalue weighted by molar-refractivity contribution is -0.117. The Morgan fingerprint density at radius 2 is 1.67 bits per heavy atom. The Hall–Kier alpha value is -2.93. The SMILES string of the molecule is CCN(CC)S(=O)(=O)c1ccc(NC(=O)CN2CCCN(c3ccc(C#N)cc3)CC2)cc1. The summed E-state index contributed by atoms with van der Waals surface area (Å²) < 4.78 is 26.6. The Morgan fingerprint density at radius 3 is 2.27 bits per heavy atom. The molecule has 1 amide bonds. The van der Waals surface area contributed by atoms with Crippen LogP contribution >= 0.6 is 0 Å². The Kier molecular flexibility index (Phi) is 8.44. The lowest BCUT2D eigenvalue weighted by atomic mass is 10.2. The first-order valence-electron chi connectivity index (χ1n) is 11.2. The van der Waals surface area contributed by atoms with Gasteiger partial charge in [0.05, 0.1) is 23.1 Å². The highest BCUT2D eigenvalue weighted by Crippen LogP contribution is 2.19. The Labute approximate surface area is 196 Å². The zero-order valence-corrected chi connectivity index (χ0v) is 20.0. The molecular weight excluding hydrogens is 438 g/mol. The minimum absolute atomic E-state index is 0.124. The predicted molar refractivity (Wildman–Crippen MR) is 130 cm³/mol. The van der Waals surface area contributed by atoms with E-state index in [1.54, 1.807) is 12.1 Å². The van der Waals surface area contributed by atoms with Crippen molar-refractivity contribution in [2.45, 2.75) is 25.2 Å². The summed E-state index contributed by atoms with van der Waals surface area (Å²) in [4.78, 5) is 17.2. The van der Waals surface area contributed by atoms with E-state index in [0.717, 1.165) is 38.3 Å². The van der Waals surface area contributed by atoms with Crippen molar-refractivity contribution < 1.29 is 13.2 Å². The summed E-state index contributed by atoms with van der Waals surface area (Å²) >= 11 is 0. The second-order valence-corrected chi connectivity index (χ2v) is 9.88. The molecule has 8 nitrogen and oxygen atoms in total. The molecule has 1 aliphatic heterocycles. The van der Waals surface area contributed by atoms with Crippen LogP contribution in [0.5, 0.6) is 0 Å². The lowest BCUT2D eigenvalue weighted by Gasteiger charge is -2.23. The average molecular weight is 470 g/mol. The first kappa shape index (κ1) is 24.7. The van der Waals surface area contributed by atoms with Gasteiger partial charge in [0.25, 0.3) is 0 Å². The fraction of sp³-hybridized carbons (Fsp3) is 0.417. The van der Waals surface area contributed by atoms with Crippen LogP contribution in [0.1, 0.15) is 25.8 Å². The molecule has 1 saturated heterocycles. The molecule has 1 aliphatic rings. The van der Waals surface area contributed by atoms with Gasteiger partial charge in [-0.25, -0.2) is 8.42 Å². The molecule has 0 unspecified atom stereocenters. The summed E-state index contributed by atoms with van der Waals surface area (Å²) in [5.74, 6) is -0.124. The van der Waals surface area contributed by atoms with Crippen molar-refractivity contribution in [2.75, 3.05) is 56.0 Å². The molecule has 0 aromatic heterocycles. The van der Waals surface area contributed by atoms with Crippen molar-refractivity contribution in [2.24, 2.45) is 0 Å². The second kappa shape index (κ2) is 11.3. The first-order chi connectivity index (χ1) is 15.9. The van der Waals surface area contributed by atoms with Gasteiger partial charge in [-0.3, -0.25) is 9.69 Å². The van der Waals surface area contributed by atoms with Gasteiger partial charge in [0.2, 0.25) is 15.9 Å². The van der Waals surface area contributed by atoms with E-state index in [1.807, 2.05) is 38.1 Å². The van der Waals surface area contributed by atoms with Crippen LogP contribution in [-0.4, -0.2) is 69.3 Å². The van der Waals surface area contributed by atoms with E-state index < -0.39 is 10.0 Å². The van der Waals surface area contributed by atoms with E-state index in [1.165, 1.54) is 16.4 Å². The highest BCUT2D eigenvalue weighted by Gasteiger charge is 2.22. The number of rotatable bonds is 8. The van der Waals surface area contributed by atoms with Crippen LogP contribution in [0.2, 0.25) is 0 Å². The third kappa shape index (κ3) is 6.32. The number of hydrogen-bond acceptors (Lipinski definition) is 6. The maximum Gasteiger partial charge on any atom is 0.243 e. The number of carbonyl (C=O) groups excluding carboxylic acids is 1. The van der Waals surface area contributed by atoms with Gasteiger partial charge in [0, 0.05) is 50.6 Å². The van der Waals surface area contributed by atoms with Crippen LogP contribution in [0, 0.1) is 11.3 Å². The van der Waals surface area contributed by atoms with Gasteiger partial charge in [-0.05, 0) is 55.0 Å². The van der Waals surface area contributed by atoms with E-state index in [0.29, 0.717) is 24.3 Å². The lowest BCUT2D eigenvalue weighted by Crippen LogP contribution is -2.36. The summed E-state index contributed by atoms with van der Waals surface area (Å²) in [7, 11) is -3.51. The summed E-state index contributed by atoms with van der Waals surface area (Å²) in [6, 6.07) is 16.0. The molecule has 2 aromatic rings. The summed E-state index contributed by atoms with van der Waals surface area (Å²) in [5, 5.41) is 11.8. The van der Waals surface area contributed by atoms with Crippen LogP contribution in [0.25, 0.3) is 0 Å². The molecule has 1 fully saturated rings. The van der Waals surface area contributed by atoms with Gasteiger partial charge in [-0.1, -0.05) is 13.8 Å². The molecule has 0 aliphatic carbocycles. The molecule has 3 rings (SSSR count). The standard InChI is InChI=1S/C24H31N5O3S/c1-3-29(4-2)33(31,32)23-12-8-21(9-13-23)26-24(30)19-27-14-5-15-28(17-16-27)22-10-6-20(18-25)7-11-22/h6-13H,3-5,14-17,19H2,1-2H3,(H,26,30). The Balaban J connectivity index is 1.54. The third-order valence-electron chi connectivity index (χ3n) is 5.80. The predicted octanol–water partition coefficient (Wildman–Crippen LogP) is 2.74. The molecular formula is C24H31N5O3S. The van der Waals surface area contributed by atoms with E-state index >= 15 is 0 Å². The highest BCUT2D eigenvalue weighted by molar-refractivity contribution is 7.89. The fourth-order valence-corrected chi connectivity index (χ4v) is 5.42. The number of nitrogens with zero attached hydrogens (tertiary/aromatic N) is 4. The molecule has 33 heavy (non-hydrogen) atoms. The van der Waals surface area contributed by atoms with Crippen LogP contribution in [0.15, 0.2) is 53.4 Å². The number of nitriles is 1. The molecule has 0 radical (unpaired) electrons. The van der Waals surface area contributed by atoms with Gasteiger partial charge in [-0.2, -0.15) is 9.57 Å². The maximum absolute atomic E-state index is 12.6. The van der Waals surface area contributed by atoms with Crippen LogP contribution < -0.4 is 10.2 Å². The minimum atomic E-state index is -3.51. The molecule has 2 aromatic carbocycles. The Morgan fingerprint density at radius 1 is 1.00 bits per heavy atom. The topological polar surface area (TPSA) is 96.8 Å². The van der Waals surface area contributed by atoms with E-state index in [-0.39, 0.29) is 17.3 Å². The zero-order chi connectivity index (χ0) is 23.8. The second-order valence-electron chi connectivity index (χ2n) is 7.94. The van der Waals surface area contributed by atoms with E-state index in [9.17, 15) is 13.2 Å². The van der Waals surface area contributed by atoms with E-state index in [4.69, 9.17) is 5.26 Å². The summed E-state index contributed by atoms with van der Waals surface area (Å²) in [6.45, 7) is 8.00. The molecule has 0 bridgehead atoms. The van der Waals surface area contributed by atoms with Gasteiger partial charge in [0.1, 0.15) is 0 Å². The quantitative estimate of drug-likeness (QED) is 0.639. The molecule has 9 heteroatoms. The number of amides is 1. The average Bonchev–Trinajstić information content (AvgIpc) is 3.05. The largest absolute Gasteiger partial charge is 0.370 e. The highest BCUT2D eigenvalue weighted by atomic mass is 32.2. The van der Waals surface area contributed by atoms with Crippen molar-refractivity contribution >= 4 is 27.3 Å². The summed E-state index contributed by atoms with van der Waals surface area (Å²) in [6.07, 6.45) is 0.936. The van der Waals surface area contributed by atoms with Crippen molar-refractivity contribution in [3.63, 3.8) is 0 Å². The summed E-state index contributed by atoms with van der Waals surface area (Å²) in [5.41, 5.74) is 2.30. The maximum atomic E-state index is 12.6. The van der Waals surface area contributed by atoms with Gasteiger partial charge in [0.15, 0.2) is 0 Å².